The Hall–Kier alpha value is -0.0800. The molecule has 1 aliphatic rings. The molecule has 0 aromatic carbocycles. The quantitative estimate of drug-likeness (QED) is 0.723. The molecule has 0 aromatic heterocycles. The van der Waals surface area contributed by atoms with E-state index in [0.29, 0.717) is 12.6 Å². The van der Waals surface area contributed by atoms with Crippen molar-refractivity contribution >= 4 is 0 Å². The van der Waals surface area contributed by atoms with Crippen molar-refractivity contribution in [3.8, 4) is 0 Å². The van der Waals surface area contributed by atoms with Gasteiger partial charge in [-0.3, -0.25) is 0 Å². The summed E-state index contributed by atoms with van der Waals surface area (Å²) in [5, 5.41) is 8.74. The summed E-state index contributed by atoms with van der Waals surface area (Å²) in [6.07, 6.45) is 4.80. The SMILES string of the molecule is CC1CCN([C@@H](C)CCCO)CC1. The zero-order valence-corrected chi connectivity index (χ0v) is 9.00. The number of nitrogens with zero attached hydrogens (tertiary/aromatic N) is 1. The highest BCUT2D eigenvalue weighted by molar-refractivity contribution is 4.74. The standard InChI is InChI=1S/C11H23NO/c1-10-5-7-12(8-6-10)11(2)4-3-9-13/h10-11,13H,3-9H2,1-2H3/t11-/m0/s1. The summed E-state index contributed by atoms with van der Waals surface area (Å²) in [6.45, 7) is 7.48. The van der Waals surface area contributed by atoms with E-state index in [4.69, 9.17) is 5.11 Å². The molecular weight excluding hydrogens is 162 g/mol. The molecule has 0 spiro atoms. The van der Waals surface area contributed by atoms with Gasteiger partial charge < -0.3 is 10.0 Å². The van der Waals surface area contributed by atoms with Crippen LogP contribution >= 0.6 is 0 Å². The normalized spacial score (nSPS) is 23.3. The molecule has 1 fully saturated rings. The lowest BCUT2D eigenvalue weighted by Gasteiger charge is -2.34. The monoisotopic (exact) mass is 185 g/mol. The van der Waals surface area contributed by atoms with Gasteiger partial charge in [0.25, 0.3) is 0 Å². The highest BCUT2D eigenvalue weighted by Crippen LogP contribution is 2.19. The molecule has 1 aliphatic heterocycles. The number of hydrogen-bond donors (Lipinski definition) is 1. The van der Waals surface area contributed by atoms with Crippen LogP contribution in [0.15, 0.2) is 0 Å². The maximum absolute atomic E-state index is 8.74. The maximum atomic E-state index is 8.74. The fraction of sp³-hybridized carbons (Fsp3) is 1.00. The highest BCUT2D eigenvalue weighted by atomic mass is 16.2. The highest BCUT2D eigenvalue weighted by Gasteiger charge is 2.19. The minimum atomic E-state index is 0.342. The first-order valence-electron chi connectivity index (χ1n) is 5.59. The Kier molecular flexibility index (Phi) is 4.74. The smallest absolute Gasteiger partial charge is 0.0431 e. The maximum Gasteiger partial charge on any atom is 0.0431 e. The van der Waals surface area contributed by atoms with Crippen molar-refractivity contribution < 1.29 is 5.11 Å². The first kappa shape index (κ1) is 11.0. The van der Waals surface area contributed by atoms with E-state index in [0.717, 1.165) is 18.8 Å². The van der Waals surface area contributed by atoms with E-state index in [-0.39, 0.29) is 0 Å². The average molecular weight is 185 g/mol. The van der Waals surface area contributed by atoms with Gasteiger partial charge in [0, 0.05) is 12.6 Å². The summed E-state index contributed by atoms with van der Waals surface area (Å²) < 4.78 is 0. The zero-order chi connectivity index (χ0) is 9.68. The van der Waals surface area contributed by atoms with Gasteiger partial charge in [-0.2, -0.15) is 0 Å². The number of rotatable bonds is 4. The molecular formula is C11H23NO. The van der Waals surface area contributed by atoms with Crippen molar-refractivity contribution in [1.82, 2.24) is 4.90 Å². The second kappa shape index (κ2) is 5.61. The molecule has 1 atom stereocenters. The summed E-state index contributed by atoms with van der Waals surface area (Å²) in [5.41, 5.74) is 0. The first-order valence-corrected chi connectivity index (χ1v) is 5.59. The van der Waals surface area contributed by atoms with Crippen LogP contribution in [0.5, 0.6) is 0 Å². The van der Waals surface area contributed by atoms with Crippen molar-refractivity contribution in [2.24, 2.45) is 5.92 Å². The predicted octanol–water partition coefficient (Wildman–Crippen LogP) is 1.88. The molecule has 2 heteroatoms. The summed E-state index contributed by atoms with van der Waals surface area (Å²) in [4.78, 5) is 2.57. The van der Waals surface area contributed by atoms with Crippen molar-refractivity contribution in [3.05, 3.63) is 0 Å². The Morgan fingerprint density at radius 2 is 2.00 bits per heavy atom. The molecule has 0 amide bonds. The molecule has 0 bridgehead atoms. The van der Waals surface area contributed by atoms with Gasteiger partial charge in [-0.15, -0.1) is 0 Å². The van der Waals surface area contributed by atoms with Crippen molar-refractivity contribution in [2.75, 3.05) is 19.7 Å². The van der Waals surface area contributed by atoms with Crippen LogP contribution in [0, 0.1) is 5.92 Å². The summed E-state index contributed by atoms with van der Waals surface area (Å²) in [7, 11) is 0. The van der Waals surface area contributed by atoms with Gasteiger partial charge in [0.15, 0.2) is 0 Å². The molecule has 2 nitrogen and oxygen atoms in total. The molecule has 1 rings (SSSR count). The van der Waals surface area contributed by atoms with Crippen LogP contribution in [-0.2, 0) is 0 Å². The third kappa shape index (κ3) is 3.65. The largest absolute Gasteiger partial charge is 0.396 e. The lowest BCUT2D eigenvalue weighted by atomic mass is 9.97. The van der Waals surface area contributed by atoms with E-state index >= 15 is 0 Å². The van der Waals surface area contributed by atoms with E-state index < -0.39 is 0 Å². The van der Waals surface area contributed by atoms with E-state index in [1.807, 2.05) is 0 Å². The topological polar surface area (TPSA) is 23.5 Å². The number of aliphatic hydroxyl groups excluding tert-OH is 1. The third-order valence-electron chi connectivity index (χ3n) is 3.22. The summed E-state index contributed by atoms with van der Waals surface area (Å²) in [5.74, 6) is 0.918. The van der Waals surface area contributed by atoms with Crippen LogP contribution in [0.3, 0.4) is 0 Å². The molecule has 0 aliphatic carbocycles. The summed E-state index contributed by atoms with van der Waals surface area (Å²) >= 11 is 0. The molecule has 0 saturated carbocycles. The van der Waals surface area contributed by atoms with E-state index in [2.05, 4.69) is 18.7 Å². The van der Waals surface area contributed by atoms with E-state index in [1.165, 1.54) is 25.9 Å². The minimum Gasteiger partial charge on any atom is -0.396 e. The Labute approximate surface area is 81.9 Å². The zero-order valence-electron chi connectivity index (χ0n) is 9.00. The lowest BCUT2D eigenvalue weighted by molar-refractivity contribution is 0.134. The third-order valence-corrected chi connectivity index (χ3v) is 3.22. The number of likely N-dealkylation sites (tertiary alicyclic amines) is 1. The fourth-order valence-corrected chi connectivity index (χ4v) is 2.04. The Balaban J connectivity index is 2.19. The number of hydrogen-bond acceptors (Lipinski definition) is 2. The first-order chi connectivity index (χ1) is 6.24. The van der Waals surface area contributed by atoms with Gasteiger partial charge in [0.2, 0.25) is 0 Å². The van der Waals surface area contributed by atoms with Crippen LogP contribution in [0.4, 0.5) is 0 Å². The molecule has 0 unspecified atom stereocenters. The van der Waals surface area contributed by atoms with Crippen LogP contribution < -0.4 is 0 Å². The molecule has 13 heavy (non-hydrogen) atoms. The average Bonchev–Trinajstić information content (AvgIpc) is 2.15. The number of aliphatic hydroxyl groups is 1. The van der Waals surface area contributed by atoms with Crippen LogP contribution in [0.2, 0.25) is 0 Å². The Morgan fingerprint density at radius 3 is 2.54 bits per heavy atom. The van der Waals surface area contributed by atoms with Crippen LogP contribution in [-0.4, -0.2) is 35.7 Å². The Morgan fingerprint density at radius 1 is 1.38 bits per heavy atom. The van der Waals surface area contributed by atoms with Gasteiger partial charge in [0.05, 0.1) is 0 Å². The number of piperidine rings is 1. The molecule has 0 aromatic rings. The van der Waals surface area contributed by atoms with Crippen molar-refractivity contribution in [2.45, 2.75) is 45.6 Å². The predicted molar refractivity (Wildman–Crippen MR) is 55.8 cm³/mol. The van der Waals surface area contributed by atoms with Crippen molar-refractivity contribution in [3.63, 3.8) is 0 Å². The summed E-state index contributed by atoms with van der Waals surface area (Å²) in [6, 6.07) is 0.666. The van der Waals surface area contributed by atoms with Gasteiger partial charge in [-0.1, -0.05) is 6.92 Å². The molecule has 1 N–H and O–H groups in total. The molecule has 0 radical (unpaired) electrons. The minimum absolute atomic E-state index is 0.342. The van der Waals surface area contributed by atoms with E-state index in [9.17, 15) is 0 Å². The van der Waals surface area contributed by atoms with Crippen molar-refractivity contribution in [1.29, 1.82) is 0 Å². The van der Waals surface area contributed by atoms with Gasteiger partial charge >= 0.3 is 0 Å². The molecule has 1 saturated heterocycles. The second-order valence-corrected chi connectivity index (χ2v) is 4.43. The fourth-order valence-electron chi connectivity index (χ4n) is 2.04. The molecule has 1 heterocycles. The van der Waals surface area contributed by atoms with Gasteiger partial charge in [-0.05, 0) is 51.6 Å². The van der Waals surface area contributed by atoms with Crippen LogP contribution in [0.25, 0.3) is 0 Å². The molecule has 78 valence electrons. The van der Waals surface area contributed by atoms with E-state index in [1.54, 1.807) is 0 Å². The van der Waals surface area contributed by atoms with Crippen LogP contribution in [0.1, 0.15) is 39.5 Å². The second-order valence-electron chi connectivity index (χ2n) is 4.43. The van der Waals surface area contributed by atoms with Gasteiger partial charge in [-0.25, -0.2) is 0 Å². The Bertz CT molecular complexity index is 130. The van der Waals surface area contributed by atoms with Gasteiger partial charge in [0.1, 0.15) is 0 Å². The lowest BCUT2D eigenvalue weighted by Crippen LogP contribution is -2.39.